The monoisotopic (exact) mass is 441 g/mol. The number of nitrogens with zero attached hydrogens (tertiary/aromatic N) is 1. The molecule has 2 aromatic carbocycles. The fraction of sp³-hybridized carbons (Fsp3) is 0.200. The van der Waals surface area contributed by atoms with E-state index >= 15 is 0 Å². The van der Waals surface area contributed by atoms with Gasteiger partial charge < -0.3 is 0 Å². The Morgan fingerprint density at radius 1 is 0.960 bits per heavy atom. The van der Waals surface area contributed by atoms with Crippen molar-refractivity contribution in [2.75, 3.05) is 13.3 Å². The number of halogens is 3. The summed E-state index contributed by atoms with van der Waals surface area (Å²) in [6, 6.07) is 8.43. The lowest BCUT2D eigenvalue weighted by Gasteiger charge is -2.19. The maximum Gasteiger partial charge on any atom is 0.244 e. The Kier molecular flexibility index (Phi) is 6.08. The van der Waals surface area contributed by atoms with Crippen molar-refractivity contribution in [3.63, 3.8) is 0 Å². The average Bonchev–Trinajstić information content (AvgIpc) is 2.50. The zero-order valence-electron chi connectivity index (χ0n) is 13.2. The van der Waals surface area contributed by atoms with Gasteiger partial charge in [0, 0.05) is 19.8 Å². The third kappa shape index (κ3) is 4.48. The normalized spacial score (nSPS) is 12.6. The molecule has 0 aliphatic heterocycles. The molecule has 0 aromatic heterocycles. The predicted octanol–water partition coefficient (Wildman–Crippen LogP) is 3.87. The molecule has 0 saturated heterocycles. The molecule has 0 atom stereocenters. The maximum atomic E-state index is 12.8. The van der Waals surface area contributed by atoms with Gasteiger partial charge >= 0.3 is 0 Å². The Labute approximate surface area is 162 Å². The minimum atomic E-state index is -4.05. The molecule has 0 bridgehead atoms. The van der Waals surface area contributed by atoms with Gasteiger partial charge in [-0.25, -0.2) is 16.8 Å². The van der Waals surface area contributed by atoms with Gasteiger partial charge in [-0.2, -0.15) is 4.31 Å². The van der Waals surface area contributed by atoms with E-state index in [0.29, 0.717) is 10.6 Å². The van der Waals surface area contributed by atoms with Gasteiger partial charge in [-0.15, -0.1) is 0 Å². The summed E-state index contributed by atoms with van der Waals surface area (Å²) >= 11 is 18.0. The second kappa shape index (κ2) is 7.42. The van der Waals surface area contributed by atoms with E-state index in [0.717, 1.165) is 16.6 Å². The Morgan fingerprint density at radius 2 is 1.60 bits per heavy atom. The summed E-state index contributed by atoms with van der Waals surface area (Å²) in [5.74, 6) is 0. The smallest absolute Gasteiger partial charge is 0.224 e. The van der Waals surface area contributed by atoms with E-state index in [4.69, 9.17) is 34.8 Å². The van der Waals surface area contributed by atoms with Crippen molar-refractivity contribution in [1.82, 2.24) is 4.31 Å². The summed E-state index contributed by atoms with van der Waals surface area (Å²) < 4.78 is 50.0. The molecule has 10 heteroatoms. The number of hydrogen-bond acceptors (Lipinski definition) is 4. The molecule has 2 aromatic rings. The highest BCUT2D eigenvalue weighted by atomic mass is 35.5. The quantitative estimate of drug-likeness (QED) is 0.704. The number of hydrogen-bond donors (Lipinski definition) is 0. The summed E-state index contributed by atoms with van der Waals surface area (Å²) in [6.45, 7) is -0.0544. The Balaban J connectivity index is 2.46. The Morgan fingerprint density at radius 3 is 2.20 bits per heavy atom. The zero-order valence-corrected chi connectivity index (χ0v) is 17.1. The van der Waals surface area contributed by atoms with Crippen LogP contribution in [-0.2, 0) is 26.4 Å². The third-order valence-electron chi connectivity index (χ3n) is 3.44. The first-order valence-electron chi connectivity index (χ1n) is 6.83. The van der Waals surface area contributed by atoms with Gasteiger partial charge in [0.05, 0.1) is 20.0 Å². The summed E-state index contributed by atoms with van der Waals surface area (Å²) in [4.78, 5) is -0.428. The van der Waals surface area contributed by atoms with Gasteiger partial charge in [-0.1, -0.05) is 46.9 Å². The van der Waals surface area contributed by atoms with Gasteiger partial charge in [0.15, 0.2) is 9.84 Å². The van der Waals surface area contributed by atoms with Crippen molar-refractivity contribution in [3.8, 4) is 0 Å². The molecule has 0 heterocycles. The highest BCUT2D eigenvalue weighted by Gasteiger charge is 2.26. The van der Waals surface area contributed by atoms with Crippen LogP contribution < -0.4 is 0 Å². The predicted molar refractivity (Wildman–Crippen MR) is 99.7 cm³/mol. The molecule has 2 rings (SSSR count). The molecule has 5 nitrogen and oxygen atoms in total. The van der Waals surface area contributed by atoms with Crippen LogP contribution in [0.15, 0.2) is 46.2 Å². The lowest BCUT2D eigenvalue weighted by Crippen LogP contribution is -2.27. The van der Waals surface area contributed by atoms with Crippen LogP contribution in [0.2, 0.25) is 15.1 Å². The van der Waals surface area contributed by atoms with Crippen molar-refractivity contribution in [2.24, 2.45) is 0 Å². The topological polar surface area (TPSA) is 71.5 Å². The van der Waals surface area contributed by atoms with Crippen LogP contribution >= 0.6 is 34.8 Å². The molecule has 136 valence electrons. The molecule has 0 saturated carbocycles. The second-order valence-electron chi connectivity index (χ2n) is 5.34. The number of benzene rings is 2. The number of sulfonamides is 1. The molecular weight excluding hydrogens is 429 g/mol. The van der Waals surface area contributed by atoms with Crippen molar-refractivity contribution < 1.29 is 16.8 Å². The maximum absolute atomic E-state index is 12.8. The molecule has 0 radical (unpaired) electrons. The standard InChI is InChI=1S/C15H14Cl3NO4S2/c1-19(9-10-4-3-5-13(17)15(10)18)25(22,23)14-8-11(24(2,20)21)6-7-12(14)16/h3-8H,9H2,1-2H3. The first kappa shape index (κ1) is 20.5. The van der Waals surface area contributed by atoms with Crippen LogP contribution in [0.4, 0.5) is 0 Å². The zero-order chi connectivity index (χ0) is 19.0. The Hall–Kier alpha value is -0.830. The molecular formula is C15H14Cl3NO4S2. The molecule has 0 aliphatic rings. The minimum absolute atomic E-state index is 0.0544. The molecule has 0 spiro atoms. The van der Waals surface area contributed by atoms with E-state index in [1.165, 1.54) is 19.2 Å². The lowest BCUT2D eigenvalue weighted by atomic mass is 10.2. The number of sulfone groups is 1. The van der Waals surface area contributed by atoms with Gasteiger partial charge in [-0.05, 0) is 29.8 Å². The largest absolute Gasteiger partial charge is 0.244 e. The van der Waals surface area contributed by atoms with Crippen LogP contribution in [-0.4, -0.2) is 34.4 Å². The van der Waals surface area contributed by atoms with E-state index in [1.807, 2.05) is 0 Å². The molecule has 0 unspecified atom stereocenters. The van der Waals surface area contributed by atoms with Gasteiger partial charge in [-0.3, -0.25) is 0 Å². The average molecular weight is 443 g/mol. The summed E-state index contributed by atoms with van der Waals surface area (Å²) in [7, 11) is -6.28. The molecule has 0 N–H and O–H groups in total. The first-order valence-corrected chi connectivity index (χ1v) is 11.3. The van der Waals surface area contributed by atoms with Crippen molar-refractivity contribution in [3.05, 3.63) is 57.0 Å². The van der Waals surface area contributed by atoms with Crippen molar-refractivity contribution >= 4 is 54.7 Å². The minimum Gasteiger partial charge on any atom is -0.224 e. The van der Waals surface area contributed by atoms with Crippen molar-refractivity contribution in [2.45, 2.75) is 16.3 Å². The fourth-order valence-corrected chi connectivity index (χ4v) is 4.82. The fourth-order valence-electron chi connectivity index (χ4n) is 2.08. The first-order chi connectivity index (χ1) is 11.4. The molecule has 0 amide bonds. The van der Waals surface area contributed by atoms with Crippen LogP contribution in [0.3, 0.4) is 0 Å². The van der Waals surface area contributed by atoms with E-state index in [9.17, 15) is 16.8 Å². The Bertz CT molecular complexity index is 1020. The van der Waals surface area contributed by atoms with E-state index in [2.05, 4.69) is 0 Å². The summed E-state index contributed by atoms with van der Waals surface area (Å²) in [6.07, 6.45) is 0.988. The van der Waals surface area contributed by atoms with E-state index in [1.54, 1.807) is 18.2 Å². The van der Waals surface area contributed by atoms with Gasteiger partial charge in [0.25, 0.3) is 0 Å². The van der Waals surface area contributed by atoms with Gasteiger partial charge in [0.1, 0.15) is 4.90 Å². The molecule has 0 fully saturated rings. The van der Waals surface area contributed by atoms with E-state index < -0.39 is 19.9 Å². The highest BCUT2D eigenvalue weighted by molar-refractivity contribution is 7.91. The summed E-state index contributed by atoms with van der Waals surface area (Å²) in [5.41, 5.74) is 0.510. The van der Waals surface area contributed by atoms with E-state index in [-0.39, 0.29) is 26.4 Å². The molecule has 25 heavy (non-hydrogen) atoms. The van der Waals surface area contributed by atoms with Crippen LogP contribution in [0.5, 0.6) is 0 Å². The highest BCUT2D eigenvalue weighted by Crippen LogP contribution is 2.30. The second-order valence-corrected chi connectivity index (χ2v) is 10.6. The van der Waals surface area contributed by atoms with Crippen LogP contribution in [0, 0.1) is 0 Å². The lowest BCUT2D eigenvalue weighted by molar-refractivity contribution is 0.466. The van der Waals surface area contributed by atoms with Crippen molar-refractivity contribution in [1.29, 1.82) is 0 Å². The van der Waals surface area contributed by atoms with Crippen LogP contribution in [0.25, 0.3) is 0 Å². The molecule has 0 aliphatic carbocycles. The van der Waals surface area contributed by atoms with Gasteiger partial charge in [0.2, 0.25) is 10.0 Å². The summed E-state index contributed by atoms with van der Waals surface area (Å²) in [5, 5.41) is 0.487. The third-order valence-corrected chi connectivity index (χ3v) is 7.70. The SMILES string of the molecule is CN(Cc1cccc(Cl)c1Cl)S(=O)(=O)c1cc(S(C)(=O)=O)ccc1Cl. The van der Waals surface area contributed by atoms with Crippen LogP contribution in [0.1, 0.15) is 5.56 Å². The number of rotatable bonds is 5.